The predicted molar refractivity (Wildman–Crippen MR) is 66.4 cm³/mol. The van der Waals surface area contributed by atoms with Crippen LogP contribution in [0.1, 0.15) is 56.5 Å². The van der Waals surface area contributed by atoms with Crippen molar-refractivity contribution in [3.8, 4) is 0 Å². The molecule has 1 aliphatic rings. The summed E-state index contributed by atoms with van der Waals surface area (Å²) in [6, 6.07) is 2.23. The van der Waals surface area contributed by atoms with E-state index < -0.39 is 5.97 Å². The molecule has 0 saturated carbocycles. The van der Waals surface area contributed by atoms with Crippen LogP contribution in [0.4, 0.5) is 0 Å². The summed E-state index contributed by atoms with van der Waals surface area (Å²) in [7, 11) is 0. The van der Waals surface area contributed by atoms with Gasteiger partial charge in [0, 0.05) is 18.5 Å². The third-order valence-electron chi connectivity index (χ3n) is 3.43. The number of aromatic nitrogens is 1. The zero-order chi connectivity index (χ0) is 13.1. The summed E-state index contributed by atoms with van der Waals surface area (Å²) in [4.78, 5) is 12.8. The van der Waals surface area contributed by atoms with Crippen LogP contribution in [0.3, 0.4) is 0 Å². The van der Waals surface area contributed by atoms with Crippen molar-refractivity contribution in [2.45, 2.75) is 45.1 Å². The van der Waals surface area contributed by atoms with Gasteiger partial charge in [0.2, 0.25) is 0 Å². The van der Waals surface area contributed by atoms with E-state index in [4.69, 9.17) is 9.63 Å². The minimum atomic E-state index is -0.747. The Labute approximate surface area is 107 Å². The van der Waals surface area contributed by atoms with E-state index in [1.54, 1.807) is 0 Å². The van der Waals surface area contributed by atoms with E-state index in [9.17, 15) is 4.79 Å². The summed E-state index contributed by atoms with van der Waals surface area (Å²) < 4.78 is 5.32. The van der Waals surface area contributed by atoms with E-state index >= 15 is 0 Å². The lowest BCUT2D eigenvalue weighted by Gasteiger charge is -2.21. The van der Waals surface area contributed by atoms with Crippen molar-refractivity contribution >= 4 is 5.97 Å². The third kappa shape index (κ3) is 2.90. The van der Waals surface area contributed by atoms with Crippen LogP contribution < -0.4 is 0 Å². The first-order valence-electron chi connectivity index (χ1n) is 6.50. The number of carboxylic acid groups (broad SMARTS) is 1. The summed E-state index contributed by atoms with van der Waals surface area (Å²) in [5.41, 5.74) is 0.946. The second-order valence-electron chi connectivity index (χ2n) is 5.15. The number of rotatable bonds is 5. The minimum absolute atomic E-state index is 0.186. The number of hydrogen-bond acceptors (Lipinski definition) is 4. The number of carbonyl (C=O) groups is 1. The predicted octanol–water partition coefficient (Wildman–Crippen LogP) is 2.41. The molecule has 1 fully saturated rings. The molecule has 0 aliphatic carbocycles. The van der Waals surface area contributed by atoms with Gasteiger partial charge in [-0.2, -0.15) is 0 Å². The first-order valence-corrected chi connectivity index (χ1v) is 6.50. The molecule has 18 heavy (non-hydrogen) atoms. The van der Waals surface area contributed by atoms with Crippen LogP contribution >= 0.6 is 0 Å². The maximum absolute atomic E-state index is 10.6. The van der Waals surface area contributed by atoms with Crippen LogP contribution in [0.2, 0.25) is 0 Å². The molecule has 5 nitrogen and oxygen atoms in total. The van der Waals surface area contributed by atoms with Gasteiger partial charge in [0.05, 0.1) is 12.5 Å². The molecule has 0 spiro atoms. The van der Waals surface area contributed by atoms with Crippen molar-refractivity contribution < 1.29 is 14.4 Å². The number of nitrogens with zero attached hydrogens (tertiary/aromatic N) is 2. The summed E-state index contributed by atoms with van der Waals surface area (Å²) in [5.74, 6) is 0.485. The molecule has 0 radical (unpaired) electrons. The summed E-state index contributed by atoms with van der Waals surface area (Å²) in [6.45, 7) is 5.67. The normalized spacial score (nSPS) is 20.7. The van der Waals surface area contributed by atoms with Gasteiger partial charge in [-0.3, -0.25) is 9.69 Å². The number of likely N-dealkylation sites (tertiary alicyclic amines) is 1. The average Bonchev–Trinajstić information content (AvgIpc) is 2.94. The van der Waals surface area contributed by atoms with Crippen LogP contribution in [-0.2, 0) is 4.79 Å². The molecule has 1 aromatic heterocycles. The van der Waals surface area contributed by atoms with E-state index in [0.717, 1.165) is 30.8 Å². The van der Waals surface area contributed by atoms with Crippen molar-refractivity contribution in [3.63, 3.8) is 0 Å². The summed E-state index contributed by atoms with van der Waals surface area (Å²) in [6.07, 6.45) is 2.31. The van der Waals surface area contributed by atoms with Gasteiger partial charge in [0.1, 0.15) is 11.5 Å². The molecule has 2 heterocycles. The zero-order valence-electron chi connectivity index (χ0n) is 10.9. The van der Waals surface area contributed by atoms with Gasteiger partial charge < -0.3 is 9.63 Å². The Hall–Kier alpha value is -1.36. The van der Waals surface area contributed by atoms with Crippen molar-refractivity contribution in [2.24, 2.45) is 0 Å². The fourth-order valence-corrected chi connectivity index (χ4v) is 2.40. The smallest absolute Gasteiger partial charge is 0.304 e. The van der Waals surface area contributed by atoms with Crippen molar-refractivity contribution in [1.29, 1.82) is 0 Å². The minimum Gasteiger partial charge on any atom is -0.481 e. The van der Waals surface area contributed by atoms with Gasteiger partial charge in [-0.1, -0.05) is 19.0 Å². The molecule has 100 valence electrons. The molecule has 5 heteroatoms. The largest absolute Gasteiger partial charge is 0.481 e. The number of aliphatic carboxylic acids is 1. The van der Waals surface area contributed by atoms with Crippen molar-refractivity contribution in [3.05, 3.63) is 17.5 Å². The Morgan fingerprint density at radius 3 is 3.06 bits per heavy atom. The van der Waals surface area contributed by atoms with Gasteiger partial charge in [-0.15, -0.1) is 0 Å². The van der Waals surface area contributed by atoms with E-state index in [-0.39, 0.29) is 12.5 Å². The fraction of sp³-hybridized carbons (Fsp3) is 0.692. The maximum Gasteiger partial charge on any atom is 0.304 e. The molecule has 1 saturated heterocycles. The monoisotopic (exact) mass is 252 g/mol. The van der Waals surface area contributed by atoms with E-state index in [1.807, 2.05) is 6.07 Å². The Bertz CT molecular complexity index is 414. The van der Waals surface area contributed by atoms with E-state index in [0.29, 0.717) is 12.5 Å². The Morgan fingerprint density at radius 1 is 1.67 bits per heavy atom. The van der Waals surface area contributed by atoms with E-state index in [2.05, 4.69) is 23.9 Å². The first-order chi connectivity index (χ1) is 8.58. The third-order valence-corrected chi connectivity index (χ3v) is 3.43. The lowest BCUT2D eigenvalue weighted by molar-refractivity contribution is -0.137. The molecule has 1 aliphatic heterocycles. The highest BCUT2D eigenvalue weighted by Gasteiger charge is 2.29. The molecule has 1 aromatic rings. The molecule has 0 amide bonds. The Kier molecular flexibility index (Phi) is 4.01. The number of carboxylic acids is 1. The zero-order valence-corrected chi connectivity index (χ0v) is 10.9. The lowest BCUT2D eigenvalue weighted by atomic mass is 10.1. The summed E-state index contributed by atoms with van der Waals surface area (Å²) in [5, 5.41) is 12.9. The lowest BCUT2D eigenvalue weighted by Crippen LogP contribution is -2.26. The van der Waals surface area contributed by atoms with Gasteiger partial charge >= 0.3 is 5.97 Å². The molecular weight excluding hydrogens is 232 g/mol. The van der Waals surface area contributed by atoms with Gasteiger partial charge in [-0.25, -0.2) is 0 Å². The first kappa shape index (κ1) is 13.1. The molecular formula is C13H20N2O3. The van der Waals surface area contributed by atoms with Crippen LogP contribution in [0.5, 0.6) is 0 Å². The molecule has 0 bridgehead atoms. The second-order valence-corrected chi connectivity index (χ2v) is 5.15. The standard InChI is InChI=1S/C13H20N2O3/c1-9(2)12-8-10(14-18-12)11-4-3-6-15(11)7-5-13(16)17/h8-9,11H,3-7H2,1-2H3,(H,16,17). The van der Waals surface area contributed by atoms with Gasteiger partial charge in [0.15, 0.2) is 0 Å². The molecule has 2 rings (SSSR count). The van der Waals surface area contributed by atoms with Crippen molar-refractivity contribution in [2.75, 3.05) is 13.1 Å². The number of hydrogen-bond donors (Lipinski definition) is 1. The van der Waals surface area contributed by atoms with E-state index in [1.165, 1.54) is 0 Å². The molecule has 1 atom stereocenters. The molecule has 1 N–H and O–H groups in total. The van der Waals surface area contributed by atoms with Crippen LogP contribution in [0.15, 0.2) is 10.6 Å². The highest BCUT2D eigenvalue weighted by atomic mass is 16.5. The van der Waals surface area contributed by atoms with Crippen LogP contribution in [0, 0.1) is 0 Å². The fourth-order valence-electron chi connectivity index (χ4n) is 2.40. The second kappa shape index (κ2) is 5.52. The average molecular weight is 252 g/mol. The topological polar surface area (TPSA) is 66.6 Å². The molecule has 0 aromatic carbocycles. The van der Waals surface area contributed by atoms with Crippen molar-refractivity contribution in [1.82, 2.24) is 10.1 Å². The highest BCUT2D eigenvalue weighted by Crippen LogP contribution is 2.32. The van der Waals surface area contributed by atoms with Crippen LogP contribution in [-0.4, -0.2) is 34.2 Å². The summed E-state index contributed by atoms with van der Waals surface area (Å²) >= 11 is 0. The maximum atomic E-state index is 10.6. The van der Waals surface area contributed by atoms with Gasteiger partial charge in [0.25, 0.3) is 0 Å². The Balaban J connectivity index is 2.03. The van der Waals surface area contributed by atoms with Crippen LogP contribution in [0.25, 0.3) is 0 Å². The quantitative estimate of drug-likeness (QED) is 0.871. The van der Waals surface area contributed by atoms with Gasteiger partial charge in [-0.05, 0) is 19.4 Å². The Morgan fingerprint density at radius 2 is 2.44 bits per heavy atom. The SMILES string of the molecule is CC(C)c1cc(C2CCCN2CCC(=O)O)no1. The highest BCUT2D eigenvalue weighted by molar-refractivity contribution is 5.66. The molecule has 1 unspecified atom stereocenters.